The molecule has 0 aliphatic rings. The minimum absolute atomic E-state index is 0.0547. The van der Waals surface area contributed by atoms with Crippen LogP contribution >= 0.6 is 0 Å². The molecule has 0 atom stereocenters. The number of aryl methyl sites for hydroxylation is 2. The van der Waals surface area contributed by atoms with Crippen molar-refractivity contribution in [2.75, 3.05) is 14.2 Å². The van der Waals surface area contributed by atoms with E-state index in [1.807, 2.05) is 48.5 Å². The van der Waals surface area contributed by atoms with Crippen molar-refractivity contribution in [3.63, 3.8) is 0 Å². The number of hydrogen-bond donors (Lipinski definition) is 0. The zero-order valence-electron chi connectivity index (χ0n) is 36.4. The van der Waals surface area contributed by atoms with Gasteiger partial charge < -0.3 is 9.47 Å². The van der Waals surface area contributed by atoms with Crippen molar-refractivity contribution in [2.45, 2.75) is 155 Å². The molecule has 4 rings (SSSR count). The van der Waals surface area contributed by atoms with Crippen LogP contribution in [0.15, 0.2) is 107 Å². The number of aliphatic imine (C=N–C) groups is 2. The number of ether oxygens (including phenoxy) is 2. The lowest BCUT2D eigenvalue weighted by Crippen LogP contribution is -2.07. The van der Waals surface area contributed by atoms with E-state index in [9.17, 15) is 4.79 Å². The maximum atomic E-state index is 13.4. The highest BCUT2D eigenvalue weighted by atomic mass is 16.5. The van der Waals surface area contributed by atoms with Crippen molar-refractivity contribution in [1.29, 1.82) is 0 Å². The van der Waals surface area contributed by atoms with Crippen molar-refractivity contribution in [3.8, 4) is 0 Å². The molecule has 312 valence electrons. The molecule has 58 heavy (non-hydrogen) atoms. The van der Waals surface area contributed by atoms with Gasteiger partial charge in [-0.1, -0.05) is 178 Å². The van der Waals surface area contributed by atoms with Crippen LogP contribution in [-0.2, 0) is 22.3 Å². The maximum Gasteiger partial charge on any atom is 0.220 e. The second-order valence-electron chi connectivity index (χ2n) is 15.9. The summed E-state index contributed by atoms with van der Waals surface area (Å²) in [6.45, 7) is 4.55. The van der Waals surface area contributed by atoms with E-state index in [2.05, 4.69) is 62.4 Å². The van der Waals surface area contributed by atoms with Crippen molar-refractivity contribution in [1.82, 2.24) is 0 Å². The smallest absolute Gasteiger partial charge is 0.220 e. The molecule has 0 aliphatic heterocycles. The van der Waals surface area contributed by atoms with Crippen LogP contribution in [0.2, 0.25) is 0 Å². The Balaban J connectivity index is 1.22. The molecule has 5 nitrogen and oxygen atoms in total. The number of methoxy groups -OCH3 is 2. The highest BCUT2D eigenvalue weighted by molar-refractivity contribution is 6.10. The summed E-state index contributed by atoms with van der Waals surface area (Å²) in [5.41, 5.74) is 7.22. The first kappa shape index (κ1) is 46.2. The fraction of sp³-hybridized carbons (Fsp3) is 0.491. The Kier molecular flexibility index (Phi) is 22.3. The van der Waals surface area contributed by atoms with Gasteiger partial charge in [0.05, 0.1) is 25.6 Å². The Bertz CT molecular complexity index is 1630. The minimum Gasteiger partial charge on any atom is -0.481 e. The molecule has 0 amide bonds. The molecule has 0 aromatic heterocycles. The number of benzene rings is 4. The van der Waals surface area contributed by atoms with E-state index in [1.165, 1.54) is 140 Å². The van der Waals surface area contributed by atoms with Crippen molar-refractivity contribution < 1.29 is 14.3 Å². The molecule has 0 heterocycles. The summed E-state index contributed by atoms with van der Waals surface area (Å²) in [6, 6.07) is 31.8. The quantitative estimate of drug-likeness (QED) is 0.0249. The molecule has 0 unspecified atom stereocenters. The number of carbonyl (C=O) groups excluding carboxylic acids is 1. The van der Waals surface area contributed by atoms with Gasteiger partial charge in [-0.2, -0.15) is 0 Å². The number of nitrogens with zero attached hydrogens (tertiary/aromatic N) is 2. The van der Waals surface area contributed by atoms with Crippen molar-refractivity contribution in [3.05, 3.63) is 130 Å². The van der Waals surface area contributed by atoms with Crippen LogP contribution in [0.1, 0.15) is 180 Å². The van der Waals surface area contributed by atoms with E-state index in [0.29, 0.717) is 22.9 Å². The van der Waals surface area contributed by atoms with E-state index in [-0.39, 0.29) is 5.78 Å². The van der Waals surface area contributed by atoms with Gasteiger partial charge in [0.2, 0.25) is 11.8 Å². The van der Waals surface area contributed by atoms with Gasteiger partial charge in [-0.05, 0) is 85.3 Å². The zero-order chi connectivity index (χ0) is 41.0. The van der Waals surface area contributed by atoms with Gasteiger partial charge in [-0.25, -0.2) is 9.98 Å². The van der Waals surface area contributed by atoms with Crippen LogP contribution in [0.4, 0.5) is 11.4 Å². The topological polar surface area (TPSA) is 60.2 Å². The second kappa shape index (κ2) is 28.0. The number of rotatable bonds is 28. The van der Waals surface area contributed by atoms with Gasteiger partial charge in [0.15, 0.2) is 5.78 Å². The highest BCUT2D eigenvalue weighted by Crippen LogP contribution is 2.21. The predicted octanol–water partition coefficient (Wildman–Crippen LogP) is 15.3. The molecule has 0 N–H and O–H groups in total. The Morgan fingerprint density at radius 2 is 0.655 bits per heavy atom. The molecule has 0 bridgehead atoms. The normalized spacial score (nSPS) is 11.9. The van der Waals surface area contributed by atoms with Crippen molar-refractivity contribution in [2.24, 2.45) is 9.98 Å². The lowest BCUT2D eigenvalue weighted by Gasteiger charge is -2.09. The molecular weight excluding hydrogens is 713 g/mol. The first-order chi connectivity index (χ1) is 28.5. The fourth-order valence-corrected chi connectivity index (χ4v) is 7.49. The third kappa shape index (κ3) is 17.1. The predicted molar refractivity (Wildman–Crippen MR) is 247 cm³/mol. The molecule has 0 fully saturated rings. The standard InChI is InChI=1S/C53H72N2O3/c1-5-7-9-11-13-15-17-19-21-23-25-43-27-39-49(40-28-43)54-52(57-3)47-35-31-45(32-36-47)51(56)46-33-37-48(38-34-46)53(58-4)55-50-41-29-44(30-42-50)26-24-22-20-18-16-14-12-10-8-6-2/h27-42H,5-26H2,1-4H3. The second-order valence-corrected chi connectivity index (χ2v) is 15.9. The molecule has 0 spiro atoms. The van der Waals surface area contributed by atoms with Crippen LogP contribution in [0.25, 0.3) is 0 Å². The summed E-state index contributed by atoms with van der Waals surface area (Å²) in [6.07, 6.45) is 29.2. The maximum absolute atomic E-state index is 13.4. The summed E-state index contributed by atoms with van der Waals surface area (Å²) in [5, 5.41) is 0. The molecule has 0 saturated carbocycles. The SMILES string of the molecule is CCCCCCCCCCCCc1ccc(N=C(OC)c2ccc(C(=O)c3ccc(C(=Nc4ccc(CCCCCCCCCCCC)cc4)OC)cc3)cc2)cc1. The first-order valence-electron chi connectivity index (χ1n) is 22.7. The summed E-state index contributed by atoms with van der Waals surface area (Å²) >= 11 is 0. The van der Waals surface area contributed by atoms with Crippen LogP contribution in [0.5, 0.6) is 0 Å². The Hall–Kier alpha value is -4.51. The summed E-state index contributed by atoms with van der Waals surface area (Å²) < 4.78 is 11.3. The van der Waals surface area contributed by atoms with E-state index in [4.69, 9.17) is 19.5 Å². The third-order valence-electron chi connectivity index (χ3n) is 11.1. The minimum atomic E-state index is -0.0547. The molecule has 0 saturated heterocycles. The average Bonchev–Trinajstić information content (AvgIpc) is 3.27. The molecule has 0 aliphatic carbocycles. The molecule has 4 aromatic rings. The number of hydrogen-bond acceptors (Lipinski definition) is 5. The Labute approximate surface area is 351 Å². The Morgan fingerprint density at radius 1 is 0.379 bits per heavy atom. The first-order valence-corrected chi connectivity index (χ1v) is 22.7. The van der Waals surface area contributed by atoms with Gasteiger partial charge in [0, 0.05) is 22.3 Å². The highest BCUT2D eigenvalue weighted by Gasteiger charge is 2.13. The Morgan fingerprint density at radius 3 is 0.948 bits per heavy atom. The van der Waals surface area contributed by atoms with Crippen LogP contribution in [0, 0.1) is 0 Å². The number of unbranched alkanes of at least 4 members (excludes halogenated alkanes) is 18. The summed E-state index contributed by atoms with van der Waals surface area (Å²) in [5.74, 6) is 0.975. The summed E-state index contributed by atoms with van der Waals surface area (Å²) in [7, 11) is 3.26. The van der Waals surface area contributed by atoms with Gasteiger partial charge >= 0.3 is 0 Å². The lowest BCUT2D eigenvalue weighted by atomic mass is 10.0. The average molecular weight is 785 g/mol. The van der Waals surface area contributed by atoms with E-state index in [1.54, 1.807) is 14.2 Å². The van der Waals surface area contributed by atoms with Crippen LogP contribution < -0.4 is 0 Å². The number of ketones is 1. The van der Waals surface area contributed by atoms with Crippen LogP contribution in [0.3, 0.4) is 0 Å². The van der Waals surface area contributed by atoms with Crippen molar-refractivity contribution >= 4 is 29.0 Å². The van der Waals surface area contributed by atoms with E-state index < -0.39 is 0 Å². The molecule has 4 aromatic carbocycles. The van der Waals surface area contributed by atoms with Gasteiger partial charge in [-0.3, -0.25) is 4.79 Å². The van der Waals surface area contributed by atoms with Gasteiger partial charge in [-0.15, -0.1) is 0 Å². The molecule has 0 radical (unpaired) electrons. The lowest BCUT2D eigenvalue weighted by molar-refractivity contribution is 0.103. The van der Waals surface area contributed by atoms with Gasteiger partial charge in [0.25, 0.3) is 0 Å². The van der Waals surface area contributed by atoms with E-state index in [0.717, 1.165) is 35.3 Å². The summed E-state index contributed by atoms with van der Waals surface area (Å²) in [4.78, 5) is 23.0. The third-order valence-corrected chi connectivity index (χ3v) is 11.1. The molecule has 5 heteroatoms. The van der Waals surface area contributed by atoms with Gasteiger partial charge in [0.1, 0.15) is 0 Å². The fourth-order valence-electron chi connectivity index (χ4n) is 7.49. The van der Waals surface area contributed by atoms with Crippen LogP contribution in [-0.4, -0.2) is 31.8 Å². The molecular formula is C53H72N2O3. The zero-order valence-corrected chi connectivity index (χ0v) is 36.4. The number of carbonyl (C=O) groups is 1. The monoisotopic (exact) mass is 785 g/mol. The van der Waals surface area contributed by atoms with E-state index >= 15 is 0 Å². The largest absolute Gasteiger partial charge is 0.481 e.